The van der Waals surface area contributed by atoms with Crippen molar-refractivity contribution in [3.8, 4) is 16.8 Å². The first kappa shape index (κ1) is 26.3. The van der Waals surface area contributed by atoms with E-state index in [1.54, 1.807) is 32.8 Å². The summed E-state index contributed by atoms with van der Waals surface area (Å²) in [5.41, 5.74) is 5.69. The lowest BCUT2D eigenvalue weighted by Gasteiger charge is -2.29. The zero-order valence-electron chi connectivity index (χ0n) is 22.4. The Morgan fingerprint density at radius 2 is 1.61 bits per heavy atom. The largest absolute Gasteiger partial charge is 0.322 e. The van der Waals surface area contributed by atoms with Gasteiger partial charge in [0.1, 0.15) is 0 Å². The minimum atomic E-state index is -0.267. The lowest BCUT2D eigenvalue weighted by Crippen LogP contribution is -2.46. The fourth-order valence-electron chi connectivity index (χ4n) is 5.13. The molecule has 0 radical (unpaired) electrons. The van der Waals surface area contributed by atoms with Gasteiger partial charge in [0.2, 0.25) is 0 Å². The molecule has 0 fully saturated rings. The van der Waals surface area contributed by atoms with Crippen molar-refractivity contribution in [1.82, 2.24) is 14.7 Å². The molecule has 1 aromatic heterocycles. The van der Waals surface area contributed by atoms with E-state index in [-0.39, 0.29) is 18.0 Å². The van der Waals surface area contributed by atoms with Crippen molar-refractivity contribution >= 4 is 34.9 Å². The zero-order chi connectivity index (χ0) is 28.3. The molecule has 0 saturated heterocycles. The maximum atomic E-state index is 13.9. The molecule has 0 spiro atoms. The highest BCUT2D eigenvalue weighted by Gasteiger charge is 2.32. The van der Waals surface area contributed by atoms with Gasteiger partial charge in [-0.2, -0.15) is 5.10 Å². The number of nitrogens with zero attached hydrogens (tertiary/aromatic N) is 4. The van der Waals surface area contributed by atoms with Crippen LogP contribution in [0.15, 0.2) is 116 Å². The number of hydrogen-bond donors (Lipinski definition) is 1. The third kappa shape index (κ3) is 5.44. The van der Waals surface area contributed by atoms with Gasteiger partial charge >= 0.3 is 6.03 Å². The van der Waals surface area contributed by atoms with Crippen molar-refractivity contribution in [3.05, 3.63) is 132 Å². The van der Waals surface area contributed by atoms with Crippen molar-refractivity contribution in [2.75, 3.05) is 16.8 Å². The Balaban J connectivity index is 1.23. The number of rotatable bonds is 4. The molecule has 7 nitrogen and oxygen atoms in total. The molecule has 0 bridgehead atoms. The van der Waals surface area contributed by atoms with Gasteiger partial charge in [0.25, 0.3) is 5.91 Å². The van der Waals surface area contributed by atoms with Crippen LogP contribution in [0, 0.1) is 0 Å². The number of halogens is 1. The van der Waals surface area contributed by atoms with Crippen LogP contribution in [0.25, 0.3) is 16.8 Å². The number of carbonyl (C=O) groups excluding carboxylic acids is 2. The molecule has 3 amide bonds. The van der Waals surface area contributed by atoms with Crippen molar-refractivity contribution in [2.24, 2.45) is 0 Å². The molecule has 0 aliphatic carbocycles. The highest BCUT2D eigenvalue weighted by atomic mass is 35.5. The minimum absolute atomic E-state index is 0.222. The van der Waals surface area contributed by atoms with Crippen molar-refractivity contribution in [2.45, 2.75) is 19.5 Å². The predicted octanol–water partition coefficient (Wildman–Crippen LogP) is 7.28. The number of amides is 3. The van der Waals surface area contributed by atoms with Gasteiger partial charge in [-0.1, -0.05) is 72.3 Å². The Kier molecular flexibility index (Phi) is 7.27. The molecule has 4 aromatic carbocycles. The van der Waals surface area contributed by atoms with E-state index in [1.807, 2.05) is 92.0 Å². The number of nitrogens with one attached hydrogen (secondary N) is 1. The Morgan fingerprint density at radius 3 is 2.34 bits per heavy atom. The normalized spacial score (nSPS) is 14.7. The van der Waals surface area contributed by atoms with Crippen molar-refractivity contribution < 1.29 is 9.59 Å². The second-order valence-corrected chi connectivity index (χ2v) is 10.4. The number of anilines is 2. The Morgan fingerprint density at radius 1 is 0.878 bits per heavy atom. The predicted molar refractivity (Wildman–Crippen MR) is 163 cm³/mol. The molecule has 41 heavy (non-hydrogen) atoms. The van der Waals surface area contributed by atoms with Crippen LogP contribution in [0.5, 0.6) is 0 Å². The highest BCUT2D eigenvalue weighted by Crippen LogP contribution is 2.31. The van der Waals surface area contributed by atoms with Crippen LogP contribution < -0.4 is 10.2 Å². The smallest absolute Gasteiger partial charge is 0.316 e. The maximum Gasteiger partial charge on any atom is 0.322 e. The van der Waals surface area contributed by atoms with Crippen LogP contribution in [-0.2, 0) is 6.54 Å². The van der Waals surface area contributed by atoms with Gasteiger partial charge in [-0.15, -0.1) is 0 Å². The molecule has 1 aliphatic heterocycles. The van der Waals surface area contributed by atoms with E-state index in [0.29, 0.717) is 29.4 Å². The first-order chi connectivity index (χ1) is 20.0. The quantitative estimate of drug-likeness (QED) is 0.251. The van der Waals surface area contributed by atoms with Crippen molar-refractivity contribution in [1.29, 1.82) is 0 Å². The van der Waals surface area contributed by atoms with Gasteiger partial charge in [-0.25, -0.2) is 9.48 Å². The number of carbonyl (C=O) groups is 2. The second kappa shape index (κ2) is 11.3. The SMILES string of the molecule is C[C@@H]1CN(C(=O)c2ccc(-n3cccn3)cc2Cl)c2ccccc2CN1C(=O)Nc1ccc(-c2ccccc2)cc1. The van der Waals surface area contributed by atoms with Gasteiger partial charge in [0, 0.05) is 42.9 Å². The molecule has 1 aliphatic rings. The highest BCUT2D eigenvalue weighted by molar-refractivity contribution is 6.34. The topological polar surface area (TPSA) is 70.5 Å². The number of hydrogen-bond acceptors (Lipinski definition) is 3. The molecular weight excluding hydrogens is 534 g/mol. The second-order valence-electron chi connectivity index (χ2n) is 10.0. The van der Waals surface area contributed by atoms with Gasteiger partial charge < -0.3 is 15.1 Å². The molecule has 5 aromatic rings. The maximum absolute atomic E-state index is 13.9. The van der Waals surface area contributed by atoms with Crippen LogP contribution in [0.3, 0.4) is 0 Å². The Labute approximate surface area is 243 Å². The average molecular weight is 562 g/mol. The third-order valence-corrected chi connectivity index (χ3v) is 7.62. The third-order valence-electron chi connectivity index (χ3n) is 7.30. The molecule has 204 valence electrons. The summed E-state index contributed by atoms with van der Waals surface area (Å²) in [6.07, 6.45) is 3.50. The number of benzene rings is 4. The van der Waals surface area contributed by atoms with Crippen LogP contribution in [0.1, 0.15) is 22.8 Å². The zero-order valence-corrected chi connectivity index (χ0v) is 23.2. The van der Waals surface area contributed by atoms with Gasteiger partial charge in [-0.05, 0) is 66.1 Å². The number of urea groups is 1. The molecular formula is C33H28ClN5O2. The van der Waals surface area contributed by atoms with Gasteiger partial charge in [0.05, 0.1) is 16.3 Å². The van der Waals surface area contributed by atoms with E-state index in [2.05, 4.69) is 22.5 Å². The average Bonchev–Trinajstić information content (AvgIpc) is 3.50. The first-order valence-electron chi connectivity index (χ1n) is 13.4. The lowest BCUT2D eigenvalue weighted by molar-refractivity contribution is 0.0980. The first-order valence-corrected chi connectivity index (χ1v) is 13.8. The molecule has 6 rings (SSSR count). The molecule has 1 atom stereocenters. The van der Waals surface area contributed by atoms with Crippen LogP contribution in [-0.4, -0.2) is 39.2 Å². The van der Waals surface area contributed by atoms with Crippen molar-refractivity contribution in [3.63, 3.8) is 0 Å². The summed E-state index contributed by atoms with van der Waals surface area (Å²) in [4.78, 5) is 30.9. The number of para-hydroxylation sites is 1. The summed E-state index contributed by atoms with van der Waals surface area (Å²) in [5.74, 6) is -0.222. The lowest BCUT2D eigenvalue weighted by atomic mass is 10.1. The molecule has 8 heteroatoms. The van der Waals surface area contributed by atoms with Crippen LogP contribution in [0.2, 0.25) is 5.02 Å². The summed E-state index contributed by atoms with van der Waals surface area (Å²) in [6, 6.07) is 32.2. The van der Waals surface area contributed by atoms with E-state index in [0.717, 1.165) is 28.1 Å². The van der Waals surface area contributed by atoms with E-state index in [9.17, 15) is 9.59 Å². The summed E-state index contributed by atoms with van der Waals surface area (Å²) in [7, 11) is 0. The summed E-state index contributed by atoms with van der Waals surface area (Å²) in [5, 5.41) is 7.61. The van der Waals surface area contributed by atoms with E-state index in [4.69, 9.17) is 11.6 Å². The standard InChI is InChI=1S/C33H28ClN5O2/c1-23-21-38(32(40)29-17-16-28(20-30(29)34)39-19-7-18-35-39)31-11-6-5-10-26(31)22-37(23)33(41)36-27-14-12-25(13-15-27)24-8-3-2-4-9-24/h2-20,23H,21-22H2,1H3,(H,36,41)/t23-/m1/s1. The van der Waals surface area contributed by atoms with Crippen LogP contribution >= 0.6 is 11.6 Å². The van der Waals surface area contributed by atoms with E-state index >= 15 is 0 Å². The fourth-order valence-corrected chi connectivity index (χ4v) is 5.39. The van der Waals surface area contributed by atoms with Crippen LogP contribution in [0.4, 0.5) is 16.2 Å². The molecule has 2 heterocycles. The number of fused-ring (bicyclic) bond motifs is 1. The Bertz CT molecular complexity index is 1690. The summed E-state index contributed by atoms with van der Waals surface area (Å²) >= 11 is 6.62. The molecule has 0 saturated carbocycles. The monoisotopic (exact) mass is 561 g/mol. The van der Waals surface area contributed by atoms with E-state index < -0.39 is 0 Å². The number of aromatic nitrogens is 2. The van der Waals surface area contributed by atoms with E-state index in [1.165, 1.54) is 0 Å². The van der Waals surface area contributed by atoms with Gasteiger partial charge in [-0.3, -0.25) is 4.79 Å². The molecule has 1 N–H and O–H groups in total. The summed E-state index contributed by atoms with van der Waals surface area (Å²) in [6.45, 7) is 2.63. The Hall–Kier alpha value is -4.88. The minimum Gasteiger partial charge on any atom is -0.316 e. The summed E-state index contributed by atoms with van der Waals surface area (Å²) < 4.78 is 1.69. The molecule has 0 unspecified atom stereocenters. The van der Waals surface area contributed by atoms with Gasteiger partial charge in [0.15, 0.2) is 0 Å². The fraction of sp³-hybridized carbons (Fsp3) is 0.121.